The highest BCUT2D eigenvalue weighted by Gasteiger charge is 2.32. The monoisotopic (exact) mass is 209 g/mol. The molecule has 4 nitrogen and oxygen atoms in total. The summed E-state index contributed by atoms with van der Waals surface area (Å²) < 4.78 is 0. The Morgan fingerprint density at radius 2 is 2.20 bits per heavy atom. The lowest BCUT2D eigenvalue weighted by Gasteiger charge is -2.38. The Morgan fingerprint density at radius 1 is 1.53 bits per heavy atom. The molecule has 0 N–H and O–H groups in total. The molecule has 0 spiro atoms. The van der Waals surface area contributed by atoms with Crippen LogP contribution in [-0.4, -0.2) is 48.4 Å². The molecule has 1 unspecified atom stereocenters. The molecule has 84 valence electrons. The van der Waals surface area contributed by atoms with Crippen molar-refractivity contribution >= 4 is 5.91 Å². The summed E-state index contributed by atoms with van der Waals surface area (Å²) in [5.41, 5.74) is 0. The van der Waals surface area contributed by atoms with Crippen molar-refractivity contribution in [3.8, 4) is 6.07 Å². The Labute approximate surface area is 91.5 Å². The van der Waals surface area contributed by atoms with Crippen LogP contribution in [0.5, 0.6) is 0 Å². The Kier molecular flexibility index (Phi) is 4.10. The van der Waals surface area contributed by atoms with Crippen LogP contribution in [-0.2, 0) is 4.79 Å². The van der Waals surface area contributed by atoms with Crippen LogP contribution in [0, 0.1) is 17.2 Å². The molecule has 1 rings (SSSR count). The van der Waals surface area contributed by atoms with E-state index in [1.807, 2.05) is 16.8 Å². The standard InChI is InChI=1S/C11H19N3O/c1-9(2)8-14-7-6-13(3)10(4-5-12)11(14)15/h9-10H,4,6-8H2,1-3H3. The minimum atomic E-state index is -0.234. The van der Waals surface area contributed by atoms with Crippen molar-refractivity contribution < 1.29 is 4.79 Å². The van der Waals surface area contributed by atoms with Crippen molar-refractivity contribution in [3.05, 3.63) is 0 Å². The fourth-order valence-electron chi connectivity index (χ4n) is 1.90. The lowest BCUT2D eigenvalue weighted by Crippen LogP contribution is -2.56. The van der Waals surface area contributed by atoms with Crippen LogP contribution >= 0.6 is 0 Å². The number of carbonyl (C=O) groups excluding carboxylic acids is 1. The van der Waals surface area contributed by atoms with Crippen LogP contribution in [0.1, 0.15) is 20.3 Å². The summed E-state index contributed by atoms with van der Waals surface area (Å²) in [5, 5.41) is 8.67. The van der Waals surface area contributed by atoms with Crippen molar-refractivity contribution in [2.75, 3.05) is 26.7 Å². The van der Waals surface area contributed by atoms with E-state index in [1.165, 1.54) is 0 Å². The maximum Gasteiger partial charge on any atom is 0.241 e. The number of piperazine rings is 1. The maximum absolute atomic E-state index is 12.0. The third-order valence-corrected chi connectivity index (χ3v) is 2.72. The molecule has 0 aromatic heterocycles. The minimum Gasteiger partial charge on any atom is -0.340 e. The predicted octanol–water partition coefficient (Wildman–Crippen LogP) is 0.699. The first-order valence-corrected chi connectivity index (χ1v) is 5.42. The topological polar surface area (TPSA) is 47.3 Å². The molecular formula is C11H19N3O. The number of hydrogen-bond donors (Lipinski definition) is 0. The second kappa shape index (κ2) is 5.13. The molecule has 1 atom stereocenters. The molecule has 0 bridgehead atoms. The first-order chi connectivity index (χ1) is 7.06. The van der Waals surface area contributed by atoms with Crippen molar-refractivity contribution in [3.63, 3.8) is 0 Å². The average Bonchev–Trinajstić information content (AvgIpc) is 2.16. The van der Waals surface area contributed by atoms with Gasteiger partial charge in [0.2, 0.25) is 5.91 Å². The molecule has 1 aliphatic rings. The van der Waals surface area contributed by atoms with Crippen molar-refractivity contribution in [1.82, 2.24) is 9.80 Å². The van der Waals surface area contributed by atoms with Gasteiger partial charge in [-0.2, -0.15) is 5.26 Å². The van der Waals surface area contributed by atoms with Gasteiger partial charge in [0, 0.05) is 19.6 Å². The molecule has 1 aliphatic heterocycles. The van der Waals surface area contributed by atoms with Gasteiger partial charge in [-0.25, -0.2) is 0 Å². The van der Waals surface area contributed by atoms with Crippen LogP contribution in [0.25, 0.3) is 0 Å². The predicted molar refractivity (Wildman–Crippen MR) is 58.1 cm³/mol. The van der Waals surface area contributed by atoms with Gasteiger partial charge in [0.1, 0.15) is 6.04 Å². The number of nitriles is 1. The van der Waals surface area contributed by atoms with Gasteiger partial charge in [-0.05, 0) is 13.0 Å². The highest BCUT2D eigenvalue weighted by molar-refractivity contribution is 5.82. The quantitative estimate of drug-likeness (QED) is 0.687. The van der Waals surface area contributed by atoms with Crippen molar-refractivity contribution in [2.45, 2.75) is 26.3 Å². The fraction of sp³-hybridized carbons (Fsp3) is 0.818. The number of nitrogens with zero attached hydrogens (tertiary/aromatic N) is 3. The summed E-state index contributed by atoms with van der Waals surface area (Å²) in [6, 6.07) is 1.85. The average molecular weight is 209 g/mol. The Balaban J connectivity index is 2.64. The second-order valence-electron chi connectivity index (χ2n) is 4.54. The summed E-state index contributed by atoms with van der Waals surface area (Å²) >= 11 is 0. The van der Waals surface area contributed by atoms with Gasteiger partial charge in [0.15, 0.2) is 0 Å². The van der Waals surface area contributed by atoms with Gasteiger partial charge in [0.25, 0.3) is 0 Å². The van der Waals surface area contributed by atoms with E-state index in [-0.39, 0.29) is 11.9 Å². The zero-order valence-electron chi connectivity index (χ0n) is 9.73. The molecule has 1 heterocycles. The number of likely N-dealkylation sites (N-methyl/N-ethyl adjacent to an activating group) is 1. The molecular weight excluding hydrogens is 190 g/mol. The normalized spacial score (nSPS) is 23.3. The first kappa shape index (κ1) is 12.0. The zero-order chi connectivity index (χ0) is 11.4. The first-order valence-electron chi connectivity index (χ1n) is 5.42. The van der Waals surface area contributed by atoms with Gasteiger partial charge in [-0.3, -0.25) is 9.69 Å². The smallest absolute Gasteiger partial charge is 0.241 e. The summed E-state index contributed by atoms with van der Waals surface area (Å²) in [5.74, 6) is 0.596. The number of hydrogen-bond acceptors (Lipinski definition) is 3. The third-order valence-electron chi connectivity index (χ3n) is 2.72. The highest BCUT2D eigenvalue weighted by atomic mass is 16.2. The molecule has 0 saturated carbocycles. The lowest BCUT2D eigenvalue weighted by atomic mass is 10.1. The van der Waals surface area contributed by atoms with Gasteiger partial charge >= 0.3 is 0 Å². The molecule has 4 heteroatoms. The van der Waals surface area contributed by atoms with Crippen LogP contribution in [0.4, 0.5) is 0 Å². The molecule has 0 aromatic carbocycles. The van der Waals surface area contributed by atoms with Gasteiger partial charge in [-0.1, -0.05) is 13.8 Å². The molecule has 15 heavy (non-hydrogen) atoms. The van der Waals surface area contributed by atoms with E-state index < -0.39 is 0 Å². The SMILES string of the molecule is CC(C)CN1CCN(C)C(CC#N)C1=O. The van der Waals surface area contributed by atoms with E-state index in [0.29, 0.717) is 12.3 Å². The van der Waals surface area contributed by atoms with E-state index in [2.05, 4.69) is 19.9 Å². The number of rotatable bonds is 3. The molecule has 0 radical (unpaired) electrons. The van der Waals surface area contributed by atoms with Gasteiger partial charge in [0.05, 0.1) is 12.5 Å². The largest absolute Gasteiger partial charge is 0.340 e. The maximum atomic E-state index is 12.0. The van der Waals surface area contributed by atoms with Crippen molar-refractivity contribution in [1.29, 1.82) is 5.26 Å². The number of amides is 1. The van der Waals surface area contributed by atoms with E-state index in [4.69, 9.17) is 5.26 Å². The summed E-state index contributed by atoms with van der Waals surface area (Å²) in [7, 11) is 1.91. The summed E-state index contributed by atoms with van der Waals surface area (Å²) in [6.07, 6.45) is 0.296. The van der Waals surface area contributed by atoms with E-state index in [9.17, 15) is 4.79 Å². The Morgan fingerprint density at radius 3 is 2.73 bits per heavy atom. The lowest BCUT2D eigenvalue weighted by molar-refractivity contribution is -0.141. The Hall–Kier alpha value is -1.08. The molecule has 1 saturated heterocycles. The van der Waals surface area contributed by atoms with Gasteiger partial charge in [-0.15, -0.1) is 0 Å². The van der Waals surface area contributed by atoms with Crippen LogP contribution in [0.15, 0.2) is 0 Å². The molecule has 1 amide bonds. The van der Waals surface area contributed by atoms with Gasteiger partial charge < -0.3 is 4.90 Å². The van der Waals surface area contributed by atoms with Crippen LogP contribution in [0.3, 0.4) is 0 Å². The van der Waals surface area contributed by atoms with Crippen LogP contribution in [0.2, 0.25) is 0 Å². The van der Waals surface area contributed by atoms with E-state index >= 15 is 0 Å². The summed E-state index contributed by atoms with van der Waals surface area (Å²) in [6.45, 7) is 6.66. The minimum absolute atomic E-state index is 0.110. The van der Waals surface area contributed by atoms with Crippen LogP contribution < -0.4 is 0 Å². The Bertz CT molecular complexity index is 269. The van der Waals surface area contributed by atoms with Crippen molar-refractivity contribution in [2.24, 2.45) is 5.92 Å². The van der Waals surface area contributed by atoms with E-state index in [0.717, 1.165) is 19.6 Å². The molecule has 0 aromatic rings. The second-order valence-corrected chi connectivity index (χ2v) is 4.54. The highest BCUT2D eigenvalue weighted by Crippen LogP contribution is 2.13. The van der Waals surface area contributed by atoms with E-state index in [1.54, 1.807) is 0 Å². The number of carbonyl (C=O) groups is 1. The fourth-order valence-corrected chi connectivity index (χ4v) is 1.90. The summed E-state index contributed by atoms with van der Waals surface area (Å²) in [4.78, 5) is 15.9. The third kappa shape index (κ3) is 2.93. The molecule has 0 aliphatic carbocycles. The molecule has 1 fully saturated rings. The zero-order valence-corrected chi connectivity index (χ0v) is 9.73.